The second-order valence-electron chi connectivity index (χ2n) is 3.96. The van der Waals surface area contributed by atoms with Crippen molar-refractivity contribution >= 4 is 39.0 Å². The standard InChI is InChI=1S/C12H15BrN2OS/c1-7(6-11(14)17)15-12(16)9-4-3-5-10(13)8(9)2/h3-5,7H,6H2,1-2H3,(H2,14,17)(H,15,16). The van der Waals surface area contributed by atoms with E-state index in [-0.39, 0.29) is 11.9 Å². The number of halogens is 1. The molecule has 5 heteroatoms. The van der Waals surface area contributed by atoms with Gasteiger partial charge >= 0.3 is 0 Å². The first-order valence-corrected chi connectivity index (χ1v) is 6.46. The van der Waals surface area contributed by atoms with E-state index in [2.05, 4.69) is 21.2 Å². The van der Waals surface area contributed by atoms with Gasteiger partial charge in [-0.1, -0.05) is 34.2 Å². The van der Waals surface area contributed by atoms with E-state index in [1.54, 1.807) is 6.07 Å². The number of benzene rings is 1. The third-order valence-corrected chi connectivity index (χ3v) is 3.42. The molecule has 0 aliphatic heterocycles. The molecule has 0 bridgehead atoms. The summed E-state index contributed by atoms with van der Waals surface area (Å²) in [4.78, 5) is 12.4. The molecule has 0 saturated carbocycles. The molecule has 0 aliphatic carbocycles. The zero-order valence-corrected chi connectivity index (χ0v) is 12.2. The summed E-state index contributed by atoms with van der Waals surface area (Å²) in [6.45, 7) is 3.78. The van der Waals surface area contributed by atoms with Gasteiger partial charge in [0.2, 0.25) is 0 Å². The molecular weight excluding hydrogens is 300 g/mol. The summed E-state index contributed by atoms with van der Waals surface area (Å²) in [6, 6.07) is 5.48. The van der Waals surface area contributed by atoms with Crippen molar-refractivity contribution in [2.75, 3.05) is 0 Å². The van der Waals surface area contributed by atoms with Crippen molar-refractivity contribution < 1.29 is 4.79 Å². The smallest absolute Gasteiger partial charge is 0.251 e. The Labute approximate surface area is 115 Å². The predicted octanol–water partition coefficient (Wildman–Crippen LogP) is 2.55. The fraction of sp³-hybridized carbons (Fsp3) is 0.333. The van der Waals surface area contributed by atoms with Crippen LogP contribution in [0.1, 0.15) is 29.3 Å². The van der Waals surface area contributed by atoms with Gasteiger partial charge in [-0.05, 0) is 31.5 Å². The zero-order valence-electron chi connectivity index (χ0n) is 9.79. The molecule has 0 spiro atoms. The fourth-order valence-electron chi connectivity index (χ4n) is 1.51. The van der Waals surface area contributed by atoms with Crippen molar-refractivity contribution in [1.29, 1.82) is 0 Å². The first kappa shape index (κ1) is 14.1. The van der Waals surface area contributed by atoms with Gasteiger partial charge in [-0.15, -0.1) is 0 Å². The molecule has 3 nitrogen and oxygen atoms in total. The number of nitrogens with one attached hydrogen (secondary N) is 1. The van der Waals surface area contributed by atoms with Gasteiger partial charge in [0.05, 0.1) is 4.99 Å². The number of hydrogen-bond donors (Lipinski definition) is 2. The SMILES string of the molecule is Cc1c(Br)cccc1C(=O)NC(C)CC(N)=S. The molecule has 1 aromatic carbocycles. The van der Waals surface area contributed by atoms with E-state index < -0.39 is 0 Å². The first-order chi connectivity index (χ1) is 7.91. The number of carbonyl (C=O) groups excluding carboxylic acids is 1. The molecular formula is C12H15BrN2OS. The Bertz CT molecular complexity index is 448. The molecule has 1 unspecified atom stereocenters. The minimum atomic E-state index is -0.104. The van der Waals surface area contributed by atoms with E-state index in [1.165, 1.54) is 0 Å². The fourth-order valence-corrected chi connectivity index (χ4v) is 2.12. The molecule has 17 heavy (non-hydrogen) atoms. The molecule has 1 atom stereocenters. The molecule has 1 amide bonds. The van der Waals surface area contributed by atoms with Gasteiger partial charge in [-0.25, -0.2) is 0 Å². The minimum absolute atomic E-state index is 0.0571. The van der Waals surface area contributed by atoms with Crippen LogP contribution in [0.4, 0.5) is 0 Å². The van der Waals surface area contributed by atoms with Gasteiger partial charge in [0.25, 0.3) is 5.91 Å². The van der Waals surface area contributed by atoms with Crippen LogP contribution in [-0.4, -0.2) is 16.9 Å². The van der Waals surface area contributed by atoms with Crippen LogP contribution in [0.15, 0.2) is 22.7 Å². The quantitative estimate of drug-likeness (QED) is 0.840. The van der Waals surface area contributed by atoms with E-state index in [9.17, 15) is 4.79 Å². The monoisotopic (exact) mass is 314 g/mol. The number of hydrogen-bond acceptors (Lipinski definition) is 2. The Morgan fingerprint density at radius 2 is 2.24 bits per heavy atom. The molecule has 0 aliphatic rings. The maximum atomic E-state index is 12.0. The average molecular weight is 315 g/mol. The van der Waals surface area contributed by atoms with Crippen molar-refractivity contribution in [3.8, 4) is 0 Å². The summed E-state index contributed by atoms with van der Waals surface area (Å²) in [7, 11) is 0. The lowest BCUT2D eigenvalue weighted by Crippen LogP contribution is -2.35. The maximum absolute atomic E-state index is 12.0. The van der Waals surface area contributed by atoms with Crippen LogP contribution in [-0.2, 0) is 0 Å². The highest BCUT2D eigenvalue weighted by Crippen LogP contribution is 2.19. The number of carbonyl (C=O) groups is 1. The molecule has 0 aromatic heterocycles. The number of nitrogens with two attached hydrogens (primary N) is 1. The third-order valence-electron chi connectivity index (χ3n) is 2.40. The molecule has 0 heterocycles. The highest BCUT2D eigenvalue weighted by atomic mass is 79.9. The lowest BCUT2D eigenvalue weighted by Gasteiger charge is -2.14. The van der Waals surface area contributed by atoms with Gasteiger partial charge in [0.1, 0.15) is 0 Å². The lowest BCUT2D eigenvalue weighted by atomic mass is 10.1. The highest BCUT2D eigenvalue weighted by Gasteiger charge is 2.13. The van der Waals surface area contributed by atoms with E-state index >= 15 is 0 Å². The number of amides is 1. The normalized spacial score (nSPS) is 11.9. The van der Waals surface area contributed by atoms with Crippen molar-refractivity contribution in [2.45, 2.75) is 26.3 Å². The molecule has 0 fully saturated rings. The van der Waals surface area contributed by atoms with Crippen LogP contribution in [0.5, 0.6) is 0 Å². The van der Waals surface area contributed by atoms with E-state index in [0.29, 0.717) is 17.0 Å². The summed E-state index contributed by atoms with van der Waals surface area (Å²) < 4.78 is 0.923. The summed E-state index contributed by atoms with van der Waals surface area (Å²) in [5.74, 6) is -0.104. The second kappa shape index (κ2) is 6.12. The average Bonchev–Trinajstić information content (AvgIpc) is 2.20. The Morgan fingerprint density at radius 1 is 1.59 bits per heavy atom. The molecule has 1 rings (SSSR count). The van der Waals surface area contributed by atoms with Crippen molar-refractivity contribution in [1.82, 2.24) is 5.32 Å². The molecule has 1 aromatic rings. The Hall–Kier alpha value is -0.940. The summed E-state index contributed by atoms with van der Waals surface area (Å²) >= 11 is 8.21. The van der Waals surface area contributed by atoms with Crippen LogP contribution in [0.2, 0.25) is 0 Å². The zero-order chi connectivity index (χ0) is 13.0. The highest BCUT2D eigenvalue weighted by molar-refractivity contribution is 9.10. The van der Waals surface area contributed by atoms with Crippen LogP contribution in [0.25, 0.3) is 0 Å². The van der Waals surface area contributed by atoms with Crippen LogP contribution in [0, 0.1) is 6.92 Å². The van der Waals surface area contributed by atoms with Gasteiger partial charge in [-0.3, -0.25) is 4.79 Å². The molecule has 92 valence electrons. The minimum Gasteiger partial charge on any atom is -0.393 e. The van der Waals surface area contributed by atoms with E-state index in [1.807, 2.05) is 26.0 Å². The van der Waals surface area contributed by atoms with Gasteiger partial charge in [-0.2, -0.15) is 0 Å². The lowest BCUT2D eigenvalue weighted by molar-refractivity contribution is 0.0940. The van der Waals surface area contributed by atoms with Gasteiger partial charge in [0, 0.05) is 22.5 Å². The molecule has 0 radical (unpaired) electrons. The number of thiocarbonyl (C=S) groups is 1. The van der Waals surface area contributed by atoms with Crippen molar-refractivity contribution in [2.24, 2.45) is 5.73 Å². The summed E-state index contributed by atoms with van der Waals surface area (Å²) in [6.07, 6.45) is 0.508. The Balaban J connectivity index is 2.77. The summed E-state index contributed by atoms with van der Waals surface area (Å²) in [5, 5.41) is 2.87. The Kier molecular flexibility index (Phi) is 5.08. The topological polar surface area (TPSA) is 55.1 Å². The van der Waals surface area contributed by atoms with E-state index in [0.717, 1.165) is 10.0 Å². The van der Waals surface area contributed by atoms with Crippen LogP contribution < -0.4 is 11.1 Å². The van der Waals surface area contributed by atoms with Crippen LogP contribution >= 0.6 is 28.1 Å². The maximum Gasteiger partial charge on any atom is 0.251 e. The third kappa shape index (κ3) is 4.09. The Morgan fingerprint density at radius 3 is 2.82 bits per heavy atom. The van der Waals surface area contributed by atoms with Crippen molar-refractivity contribution in [3.05, 3.63) is 33.8 Å². The molecule has 0 saturated heterocycles. The summed E-state index contributed by atoms with van der Waals surface area (Å²) in [5.41, 5.74) is 7.02. The first-order valence-electron chi connectivity index (χ1n) is 5.26. The van der Waals surface area contributed by atoms with Gasteiger partial charge in [0.15, 0.2) is 0 Å². The van der Waals surface area contributed by atoms with Crippen molar-refractivity contribution in [3.63, 3.8) is 0 Å². The second-order valence-corrected chi connectivity index (χ2v) is 5.34. The van der Waals surface area contributed by atoms with E-state index in [4.69, 9.17) is 18.0 Å². The largest absolute Gasteiger partial charge is 0.393 e. The predicted molar refractivity (Wildman–Crippen MR) is 77.2 cm³/mol. The number of rotatable bonds is 4. The van der Waals surface area contributed by atoms with Crippen LogP contribution in [0.3, 0.4) is 0 Å². The molecule has 3 N–H and O–H groups in total. The van der Waals surface area contributed by atoms with Gasteiger partial charge < -0.3 is 11.1 Å².